The van der Waals surface area contributed by atoms with Crippen molar-refractivity contribution in [1.82, 2.24) is 25.4 Å². The predicted octanol–water partition coefficient (Wildman–Crippen LogP) is 2.04. The van der Waals surface area contributed by atoms with Gasteiger partial charge in [0.15, 0.2) is 5.76 Å². The Bertz CT molecular complexity index is 837. The molecule has 0 spiro atoms. The molecule has 0 atom stereocenters. The van der Waals surface area contributed by atoms with Crippen molar-refractivity contribution >= 4 is 11.5 Å². The first-order valence-electron chi connectivity index (χ1n) is 6.71. The molecular formula is C15H12FN5O2. The van der Waals surface area contributed by atoms with Gasteiger partial charge in [-0.15, -0.1) is 0 Å². The topological polar surface area (TPSA) is 108 Å². The lowest BCUT2D eigenvalue weighted by molar-refractivity contribution is 0.104. The highest BCUT2D eigenvalue weighted by atomic mass is 19.1. The van der Waals surface area contributed by atoms with Crippen molar-refractivity contribution in [3.8, 4) is 0 Å². The summed E-state index contributed by atoms with van der Waals surface area (Å²) in [6, 6.07) is 7.62. The van der Waals surface area contributed by atoms with Crippen molar-refractivity contribution < 1.29 is 14.3 Å². The van der Waals surface area contributed by atoms with E-state index in [1.54, 1.807) is 18.2 Å². The van der Waals surface area contributed by atoms with E-state index in [9.17, 15) is 14.3 Å². The Morgan fingerprint density at radius 2 is 2.04 bits per heavy atom. The van der Waals surface area contributed by atoms with E-state index in [0.717, 1.165) is 11.6 Å². The maximum absolute atomic E-state index is 12.9. The van der Waals surface area contributed by atoms with Crippen LogP contribution in [0.2, 0.25) is 0 Å². The Balaban J connectivity index is 1.72. The molecule has 116 valence electrons. The number of benzene rings is 1. The molecule has 3 N–H and O–H groups in total. The van der Waals surface area contributed by atoms with Crippen LogP contribution in [0.4, 0.5) is 4.39 Å². The normalized spacial score (nSPS) is 11.6. The number of hydrogen-bond donors (Lipinski definition) is 3. The molecule has 0 unspecified atom stereocenters. The minimum absolute atomic E-state index is 0.0319. The van der Waals surface area contributed by atoms with Crippen LogP contribution in [-0.2, 0) is 6.42 Å². The maximum Gasteiger partial charge on any atom is 0.215 e. The number of nitrogens with one attached hydrogen (secondary N) is 2. The Morgan fingerprint density at radius 1 is 1.26 bits per heavy atom. The smallest absolute Gasteiger partial charge is 0.215 e. The van der Waals surface area contributed by atoms with E-state index in [4.69, 9.17) is 0 Å². The third-order valence-electron chi connectivity index (χ3n) is 3.11. The number of nitrogens with zero attached hydrogens (tertiary/aromatic N) is 3. The lowest BCUT2D eigenvalue weighted by Crippen LogP contribution is -1.98. The molecular weight excluding hydrogens is 301 g/mol. The molecule has 0 aliphatic rings. The van der Waals surface area contributed by atoms with Crippen LogP contribution in [0.3, 0.4) is 0 Å². The summed E-state index contributed by atoms with van der Waals surface area (Å²) >= 11 is 0. The SMILES string of the molecule is O=C(C=C(O)c1nc[nH]n1)c1cc(Cc2ccc(F)cc2)n[nH]1. The second kappa shape index (κ2) is 6.22. The molecule has 8 heteroatoms. The molecule has 1 aromatic carbocycles. The van der Waals surface area contributed by atoms with E-state index in [-0.39, 0.29) is 23.1 Å². The molecule has 3 aromatic rings. The fraction of sp³-hybridized carbons (Fsp3) is 0.0667. The largest absolute Gasteiger partial charge is 0.504 e. The third-order valence-corrected chi connectivity index (χ3v) is 3.11. The minimum atomic E-state index is -0.454. The summed E-state index contributed by atoms with van der Waals surface area (Å²) in [5, 5.41) is 22.5. The van der Waals surface area contributed by atoms with Crippen LogP contribution < -0.4 is 0 Å². The summed E-state index contributed by atoms with van der Waals surface area (Å²) in [6.07, 6.45) is 2.76. The number of rotatable bonds is 5. The number of ketones is 1. The van der Waals surface area contributed by atoms with Gasteiger partial charge in [-0.3, -0.25) is 15.0 Å². The van der Waals surface area contributed by atoms with Crippen molar-refractivity contribution in [2.45, 2.75) is 6.42 Å². The zero-order valence-corrected chi connectivity index (χ0v) is 11.8. The van der Waals surface area contributed by atoms with E-state index in [0.29, 0.717) is 12.1 Å². The maximum atomic E-state index is 12.9. The van der Waals surface area contributed by atoms with Crippen molar-refractivity contribution in [2.24, 2.45) is 0 Å². The number of aliphatic hydroxyl groups is 1. The number of hydrogen-bond acceptors (Lipinski definition) is 5. The summed E-state index contributed by atoms with van der Waals surface area (Å²) in [5.41, 5.74) is 1.73. The van der Waals surface area contributed by atoms with E-state index in [2.05, 4.69) is 25.4 Å². The summed E-state index contributed by atoms with van der Waals surface area (Å²) in [5.74, 6) is -1.07. The van der Waals surface area contributed by atoms with Crippen molar-refractivity contribution in [1.29, 1.82) is 0 Å². The van der Waals surface area contributed by atoms with E-state index in [1.165, 1.54) is 18.5 Å². The second-order valence-corrected chi connectivity index (χ2v) is 4.79. The number of aromatic amines is 2. The quantitative estimate of drug-likeness (QED) is 0.379. The summed E-state index contributed by atoms with van der Waals surface area (Å²) in [4.78, 5) is 15.8. The molecule has 0 amide bonds. The Hall–Kier alpha value is -3.29. The number of carbonyl (C=O) groups is 1. The minimum Gasteiger partial charge on any atom is -0.504 e. The lowest BCUT2D eigenvalue weighted by Gasteiger charge is -1.96. The average Bonchev–Trinajstić information content (AvgIpc) is 3.21. The molecule has 3 rings (SSSR count). The van der Waals surface area contributed by atoms with E-state index in [1.807, 2.05) is 0 Å². The van der Waals surface area contributed by atoms with Gasteiger partial charge in [-0.1, -0.05) is 12.1 Å². The fourth-order valence-corrected chi connectivity index (χ4v) is 1.99. The first-order chi connectivity index (χ1) is 11.1. The first kappa shape index (κ1) is 14.6. The number of carbonyl (C=O) groups excluding carboxylic acids is 1. The second-order valence-electron chi connectivity index (χ2n) is 4.79. The van der Waals surface area contributed by atoms with Crippen molar-refractivity contribution in [3.63, 3.8) is 0 Å². The van der Waals surface area contributed by atoms with Crippen molar-refractivity contribution in [3.05, 3.63) is 71.3 Å². The molecule has 0 saturated heterocycles. The number of aromatic nitrogens is 5. The summed E-state index contributed by atoms with van der Waals surface area (Å²) in [7, 11) is 0. The molecule has 0 aliphatic carbocycles. The zero-order valence-electron chi connectivity index (χ0n) is 11.8. The van der Waals surface area contributed by atoms with Crippen LogP contribution in [0.15, 0.2) is 42.7 Å². The molecule has 23 heavy (non-hydrogen) atoms. The monoisotopic (exact) mass is 313 g/mol. The van der Waals surface area contributed by atoms with Gasteiger partial charge in [0, 0.05) is 12.5 Å². The molecule has 0 aliphatic heterocycles. The summed E-state index contributed by atoms with van der Waals surface area (Å²) < 4.78 is 12.9. The van der Waals surface area contributed by atoms with Gasteiger partial charge < -0.3 is 5.11 Å². The zero-order chi connectivity index (χ0) is 16.2. The highest BCUT2D eigenvalue weighted by Gasteiger charge is 2.12. The van der Waals surface area contributed by atoms with Gasteiger partial charge in [-0.25, -0.2) is 9.37 Å². The van der Waals surface area contributed by atoms with E-state index < -0.39 is 5.78 Å². The summed E-state index contributed by atoms with van der Waals surface area (Å²) in [6.45, 7) is 0. The van der Waals surface area contributed by atoms with Crippen molar-refractivity contribution in [2.75, 3.05) is 0 Å². The van der Waals surface area contributed by atoms with Crippen LogP contribution in [0.1, 0.15) is 27.6 Å². The Kier molecular flexibility index (Phi) is 3.96. The molecule has 0 fully saturated rings. The lowest BCUT2D eigenvalue weighted by atomic mass is 10.1. The van der Waals surface area contributed by atoms with Crippen LogP contribution in [0.25, 0.3) is 5.76 Å². The Labute approximate surface area is 129 Å². The van der Waals surface area contributed by atoms with Gasteiger partial charge >= 0.3 is 0 Å². The third kappa shape index (κ3) is 3.49. The van der Waals surface area contributed by atoms with Crippen LogP contribution in [-0.4, -0.2) is 36.3 Å². The van der Waals surface area contributed by atoms with Gasteiger partial charge in [0.1, 0.15) is 17.8 Å². The average molecular weight is 313 g/mol. The first-order valence-corrected chi connectivity index (χ1v) is 6.71. The predicted molar refractivity (Wildman–Crippen MR) is 79.1 cm³/mol. The fourth-order valence-electron chi connectivity index (χ4n) is 1.99. The number of halogens is 1. The number of allylic oxidation sites excluding steroid dienone is 1. The highest BCUT2D eigenvalue weighted by Crippen LogP contribution is 2.11. The molecule has 2 heterocycles. The van der Waals surface area contributed by atoms with Gasteiger partial charge in [0.05, 0.1) is 5.69 Å². The van der Waals surface area contributed by atoms with Gasteiger partial charge in [-0.2, -0.15) is 10.2 Å². The highest BCUT2D eigenvalue weighted by molar-refractivity contribution is 6.06. The molecule has 7 nitrogen and oxygen atoms in total. The molecule has 0 saturated carbocycles. The van der Waals surface area contributed by atoms with E-state index >= 15 is 0 Å². The van der Waals surface area contributed by atoms with Gasteiger partial charge in [-0.05, 0) is 23.8 Å². The number of H-pyrrole nitrogens is 2. The van der Waals surface area contributed by atoms with Crippen LogP contribution in [0.5, 0.6) is 0 Å². The molecule has 2 aromatic heterocycles. The molecule has 0 bridgehead atoms. The van der Waals surface area contributed by atoms with Gasteiger partial charge in [0.2, 0.25) is 11.6 Å². The van der Waals surface area contributed by atoms with Crippen LogP contribution >= 0.6 is 0 Å². The van der Waals surface area contributed by atoms with Crippen LogP contribution in [0, 0.1) is 5.82 Å². The van der Waals surface area contributed by atoms with Gasteiger partial charge in [0.25, 0.3) is 0 Å². The standard InChI is InChI=1S/C15H12FN5O2/c16-10-3-1-9(2-4-10)5-11-6-12(20-19-11)13(22)7-14(23)15-17-8-18-21-15/h1-4,6-8,23H,5H2,(H,19,20)(H,17,18,21). The molecule has 0 radical (unpaired) electrons. The Morgan fingerprint density at radius 3 is 2.74 bits per heavy atom. The number of aliphatic hydroxyl groups excluding tert-OH is 1.